The maximum Gasteiger partial charge on any atom is 0.204 e. The third-order valence-electron chi connectivity index (χ3n) is 4.93. The molecular formula is C21H18O8. The molecule has 3 aromatic rings. The van der Waals surface area contributed by atoms with Crippen LogP contribution >= 0.6 is 0 Å². The quantitative estimate of drug-likeness (QED) is 0.467. The first-order valence-electron chi connectivity index (χ1n) is 8.93. The molecule has 1 aliphatic rings. The maximum atomic E-state index is 13.2. The van der Waals surface area contributed by atoms with E-state index in [1.54, 1.807) is 48.5 Å². The van der Waals surface area contributed by atoms with Gasteiger partial charge in [0.1, 0.15) is 35.2 Å². The highest BCUT2D eigenvalue weighted by atomic mass is 16.6. The summed E-state index contributed by atoms with van der Waals surface area (Å²) in [7, 11) is 0. The lowest BCUT2D eigenvalue weighted by Gasteiger charge is -2.37. The number of hydrogen-bond donors (Lipinski definition) is 4. The van der Waals surface area contributed by atoms with Crippen LogP contribution in [0, 0.1) is 0 Å². The molecule has 1 aliphatic heterocycles. The normalized spacial score (nSPS) is 27.1. The van der Waals surface area contributed by atoms with E-state index in [-0.39, 0.29) is 22.3 Å². The Morgan fingerprint density at radius 2 is 1.48 bits per heavy atom. The van der Waals surface area contributed by atoms with Gasteiger partial charge in [0, 0.05) is 5.56 Å². The average molecular weight is 398 g/mol. The van der Waals surface area contributed by atoms with Gasteiger partial charge in [0.15, 0.2) is 12.4 Å². The number of benzene rings is 2. The van der Waals surface area contributed by atoms with E-state index in [4.69, 9.17) is 9.15 Å². The van der Waals surface area contributed by atoms with Gasteiger partial charge in [-0.15, -0.1) is 0 Å². The fraction of sp³-hybridized carbons (Fsp3) is 0.238. The molecule has 29 heavy (non-hydrogen) atoms. The second-order valence-corrected chi connectivity index (χ2v) is 6.78. The zero-order valence-corrected chi connectivity index (χ0v) is 15.0. The van der Waals surface area contributed by atoms with Crippen molar-refractivity contribution in [3.8, 4) is 11.3 Å². The van der Waals surface area contributed by atoms with Crippen molar-refractivity contribution in [1.29, 1.82) is 0 Å². The minimum atomic E-state index is -1.91. The lowest BCUT2D eigenvalue weighted by atomic mass is 9.91. The van der Waals surface area contributed by atoms with Crippen LogP contribution in [0.1, 0.15) is 10.4 Å². The summed E-state index contributed by atoms with van der Waals surface area (Å²) in [6.45, 7) is 0. The number of Topliss-reactive ketones (excluding diaryl/α,β-unsaturated/α-hetero) is 1. The Morgan fingerprint density at radius 1 is 0.828 bits per heavy atom. The van der Waals surface area contributed by atoms with E-state index in [0.717, 1.165) is 0 Å². The highest BCUT2D eigenvalue weighted by Crippen LogP contribution is 2.29. The number of aliphatic hydroxyl groups is 4. The summed E-state index contributed by atoms with van der Waals surface area (Å²) in [6, 6.07) is 14.8. The highest BCUT2D eigenvalue weighted by molar-refractivity contribution is 6.06. The van der Waals surface area contributed by atoms with Crippen molar-refractivity contribution in [1.82, 2.24) is 0 Å². The molecular weight excluding hydrogens is 380 g/mol. The molecule has 1 fully saturated rings. The molecule has 4 N–H and O–H groups in total. The van der Waals surface area contributed by atoms with Crippen molar-refractivity contribution in [3.63, 3.8) is 0 Å². The summed E-state index contributed by atoms with van der Waals surface area (Å²) in [5.74, 6) is -0.994. The first-order chi connectivity index (χ1) is 13.9. The molecule has 0 radical (unpaired) electrons. The second kappa shape index (κ2) is 7.51. The van der Waals surface area contributed by atoms with Crippen LogP contribution in [0.4, 0.5) is 0 Å². The second-order valence-electron chi connectivity index (χ2n) is 6.78. The van der Waals surface area contributed by atoms with Crippen LogP contribution in [0.15, 0.2) is 63.8 Å². The van der Waals surface area contributed by atoms with E-state index in [1.807, 2.05) is 0 Å². The van der Waals surface area contributed by atoms with Gasteiger partial charge in [-0.1, -0.05) is 42.5 Å². The van der Waals surface area contributed by atoms with E-state index in [9.17, 15) is 30.0 Å². The highest BCUT2D eigenvalue weighted by Gasteiger charge is 2.47. The van der Waals surface area contributed by atoms with Gasteiger partial charge in [0.2, 0.25) is 11.2 Å². The first kappa shape index (κ1) is 19.4. The molecule has 0 spiro atoms. The molecule has 5 unspecified atom stereocenters. The van der Waals surface area contributed by atoms with Crippen molar-refractivity contribution < 1.29 is 34.4 Å². The van der Waals surface area contributed by atoms with Crippen molar-refractivity contribution in [2.45, 2.75) is 30.7 Å². The van der Waals surface area contributed by atoms with Gasteiger partial charge < -0.3 is 29.6 Å². The molecule has 5 atom stereocenters. The molecule has 0 aliphatic carbocycles. The molecule has 2 aromatic carbocycles. The van der Waals surface area contributed by atoms with E-state index < -0.39 is 41.9 Å². The number of ether oxygens (including phenoxy) is 1. The van der Waals surface area contributed by atoms with Gasteiger partial charge in [0.25, 0.3) is 0 Å². The van der Waals surface area contributed by atoms with E-state index in [1.165, 1.54) is 6.07 Å². The van der Waals surface area contributed by atoms with Crippen molar-refractivity contribution >= 4 is 16.8 Å². The predicted molar refractivity (Wildman–Crippen MR) is 101 cm³/mol. The summed E-state index contributed by atoms with van der Waals surface area (Å²) < 4.78 is 10.9. The number of hydrogen-bond acceptors (Lipinski definition) is 8. The Labute approximate surface area is 164 Å². The summed E-state index contributed by atoms with van der Waals surface area (Å²) in [5.41, 5.74) is -0.296. The minimum absolute atomic E-state index is 0.0230. The molecule has 8 heteroatoms. The summed E-state index contributed by atoms with van der Waals surface area (Å²) in [5, 5.41) is 39.7. The average Bonchev–Trinajstić information content (AvgIpc) is 2.75. The number of carbonyl (C=O) groups excluding carboxylic acids is 1. The van der Waals surface area contributed by atoms with Crippen molar-refractivity contribution in [2.75, 3.05) is 0 Å². The largest absolute Gasteiger partial charge is 0.455 e. The number of aliphatic hydroxyl groups excluding tert-OH is 4. The zero-order valence-electron chi connectivity index (χ0n) is 15.0. The Bertz CT molecular complexity index is 1110. The van der Waals surface area contributed by atoms with Crippen LogP contribution in [-0.2, 0) is 4.74 Å². The monoisotopic (exact) mass is 398 g/mol. The van der Waals surface area contributed by atoms with Gasteiger partial charge in [-0.2, -0.15) is 0 Å². The Kier molecular flexibility index (Phi) is 5.03. The van der Waals surface area contributed by atoms with Crippen molar-refractivity contribution in [2.24, 2.45) is 0 Å². The van der Waals surface area contributed by atoms with Gasteiger partial charge >= 0.3 is 0 Å². The lowest BCUT2D eigenvalue weighted by molar-refractivity contribution is -0.269. The van der Waals surface area contributed by atoms with Gasteiger partial charge in [-0.3, -0.25) is 9.59 Å². The van der Waals surface area contributed by atoms with Gasteiger partial charge in [0.05, 0.1) is 5.39 Å². The third kappa shape index (κ3) is 3.27. The first-order valence-corrected chi connectivity index (χ1v) is 8.93. The molecule has 150 valence electrons. The summed E-state index contributed by atoms with van der Waals surface area (Å²) >= 11 is 0. The topological polar surface area (TPSA) is 137 Å². The van der Waals surface area contributed by atoms with Crippen LogP contribution in [0.5, 0.6) is 0 Å². The fourth-order valence-corrected chi connectivity index (χ4v) is 3.38. The molecule has 1 aromatic heterocycles. The zero-order chi connectivity index (χ0) is 20.7. The van der Waals surface area contributed by atoms with Gasteiger partial charge in [-0.05, 0) is 12.1 Å². The van der Waals surface area contributed by atoms with Gasteiger partial charge in [-0.25, -0.2) is 0 Å². The minimum Gasteiger partial charge on any atom is -0.455 e. The SMILES string of the molecule is O=C(c1c(-c2ccccc2)oc2ccccc2c1=O)C1OC(O)C(O)C(O)C1O. The van der Waals surface area contributed by atoms with E-state index >= 15 is 0 Å². The number of fused-ring (bicyclic) bond motifs is 1. The van der Waals surface area contributed by atoms with Crippen molar-refractivity contribution in [3.05, 3.63) is 70.4 Å². The van der Waals surface area contributed by atoms with Crippen LogP contribution in [-0.4, -0.2) is 56.9 Å². The maximum absolute atomic E-state index is 13.2. The van der Waals surface area contributed by atoms with Crippen LogP contribution in [0.3, 0.4) is 0 Å². The molecule has 0 saturated carbocycles. The molecule has 0 amide bonds. The van der Waals surface area contributed by atoms with E-state index in [0.29, 0.717) is 5.56 Å². The summed E-state index contributed by atoms with van der Waals surface area (Å²) in [4.78, 5) is 26.4. The molecule has 2 heterocycles. The molecule has 1 saturated heterocycles. The Balaban J connectivity index is 1.91. The Morgan fingerprint density at radius 3 is 2.21 bits per heavy atom. The lowest BCUT2D eigenvalue weighted by Crippen LogP contribution is -2.60. The fourth-order valence-electron chi connectivity index (χ4n) is 3.38. The molecule has 4 rings (SSSR count). The smallest absolute Gasteiger partial charge is 0.204 e. The Hall–Kier alpha value is -2.88. The standard InChI is InChI=1S/C21H18O8/c22-14-11-8-4-5-9-12(11)28-19(10-6-2-1-3-7-10)13(14)15(23)20-17(25)16(24)18(26)21(27)29-20/h1-9,16-18,20-21,24-27H. The van der Waals surface area contributed by atoms with Crippen LogP contribution in [0.2, 0.25) is 0 Å². The van der Waals surface area contributed by atoms with Crippen LogP contribution < -0.4 is 5.43 Å². The number of carbonyl (C=O) groups is 1. The predicted octanol–water partition coefficient (Wildman–Crippen LogP) is 0.443. The number of para-hydroxylation sites is 1. The molecule has 8 nitrogen and oxygen atoms in total. The van der Waals surface area contributed by atoms with E-state index in [2.05, 4.69) is 0 Å². The number of ketones is 1. The summed E-state index contributed by atoms with van der Waals surface area (Å²) in [6.07, 6.45) is -9.16. The number of rotatable bonds is 3. The third-order valence-corrected chi connectivity index (χ3v) is 4.93. The molecule has 0 bridgehead atoms. The van der Waals surface area contributed by atoms with Crippen LogP contribution in [0.25, 0.3) is 22.3 Å².